The second kappa shape index (κ2) is 9.91. The van der Waals surface area contributed by atoms with E-state index in [9.17, 15) is 9.90 Å². The molecule has 2 aliphatic carbocycles. The zero-order chi connectivity index (χ0) is 18.3. The van der Waals surface area contributed by atoms with E-state index in [1.807, 2.05) is 0 Å². The molecular weight excluding hydrogens is 314 g/mol. The van der Waals surface area contributed by atoms with Gasteiger partial charge in [0.2, 0.25) is 0 Å². The molecule has 0 aromatic rings. The lowest BCUT2D eigenvalue weighted by Gasteiger charge is -2.44. The van der Waals surface area contributed by atoms with Crippen LogP contribution in [0, 0.1) is 17.8 Å². The quantitative estimate of drug-likeness (QED) is 0.670. The number of esters is 1. The molecule has 2 rings (SSSR count). The fraction of sp³-hybridized carbons (Fsp3) is 0.952. The van der Waals surface area contributed by atoms with Gasteiger partial charge >= 0.3 is 5.97 Å². The number of carbonyl (C=O) groups excluding carboxylic acids is 1. The highest BCUT2D eigenvalue weighted by molar-refractivity contribution is 5.74. The lowest BCUT2D eigenvalue weighted by molar-refractivity contribution is -0.169. The van der Waals surface area contributed by atoms with Gasteiger partial charge in [0, 0.05) is 6.54 Å². The fourth-order valence-electron chi connectivity index (χ4n) is 4.80. The lowest BCUT2D eigenvalue weighted by Crippen LogP contribution is -2.49. The van der Waals surface area contributed by atoms with Crippen LogP contribution in [0.1, 0.15) is 78.6 Å². The zero-order valence-electron chi connectivity index (χ0n) is 16.6. The van der Waals surface area contributed by atoms with E-state index in [1.165, 1.54) is 19.3 Å². The standard InChI is InChI=1S/C21H39NO3/c1-4-22(5-2)15-16-25-20(23)19(18-9-7-6-8-10-18)21(24)13-11-17(3)12-14-21/h17-19,24H,4-16H2,1-3H3. The number of ether oxygens (including phenoxy) is 1. The summed E-state index contributed by atoms with van der Waals surface area (Å²) in [5.41, 5.74) is -0.846. The minimum absolute atomic E-state index is 0.142. The highest BCUT2D eigenvalue weighted by Crippen LogP contribution is 2.44. The Morgan fingerprint density at radius 2 is 1.72 bits per heavy atom. The van der Waals surface area contributed by atoms with Gasteiger partial charge < -0.3 is 14.7 Å². The molecule has 0 aromatic carbocycles. The summed E-state index contributed by atoms with van der Waals surface area (Å²) in [5, 5.41) is 11.4. The van der Waals surface area contributed by atoms with Crippen LogP contribution in [-0.4, -0.2) is 47.8 Å². The van der Waals surface area contributed by atoms with E-state index in [-0.39, 0.29) is 11.9 Å². The van der Waals surface area contributed by atoms with Crippen molar-refractivity contribution in [3.05, 3.63) is 0 Å². The maximum Gasteiger partial charge on any atom is 0.312 e. The third-order valence-electron chi connectivity index (χ3n) is 6.64. The first-order chi connectivity index (χ1) is 12.0. The van der Waals surface area contributed by atoms with Crippen molar-refractivity contribution in [1.82, 2.24) is 4.90 Å². The largest absolute Gasteiger partial charge is 0.464 e. The SMILES string of the molecule is CCN(CC)CCOC(=O)C(C1CCCCC1)C1(O)CCC(C)CC1. The van der Waals surface area contributed by atoms with Crippen LogP contribution in [0.5, 0.6) is 0 Å². The van der Waals surface area contributed by atoms with Crippen LogP contribution in [0.4, 0.5) is 0 Å². The predicted molar refractivity (Wildman–Crippen MR) is 101 cm³/mol. The third kappa shape index (κ3) is 5.68. The van der Waals surface area contributed by atoms with Gasteiger partial charge in [-0.3, -0.25) is 4.79 Å². The lowest BCUT2D eigenvalue weighted by atomic mass is 9.65. The maximum atomic E-state index is 13.0. The molecule has 2 fully saturated rings. The Kier molecular flexibility index (Phi) is 8.21. The number of carbonyl (C=O) groups is 1. The molecule has 25 heavy (non-hydrogen) atoms. The van der Waals surface area contributed by atoms with Gasteiger partial charge in [-0.15, -0.1) is 0 Å². The molecule has 0 bridgehead atoms. The molecule has 0 radical (unpaired) electrons. The first-order valence-electron chi connectivity index (χ1n) is 10.6. The number of hydrogen-bond donors (Lipinski definition) is 1. The van der Waals surface area contributed by atoms with E-state index < -0.39 is 5.60 Å². The molecule has 0 aromatic heterocycles. The zero-order valence-corrected chi connectivity index (χ0v) is 16.6. The van der Waals surface area contributed by atoms with Crippen molar-refractivity contribution in [2.45, 2.75) is 84.2 Å². The first-order valence-corrected chi connectivity index (χ1v) is 10.6. The van der Waals surface area contributed by atoms with Gasteiger partial charge in [-0.05, 0) is 63.5 Å². The van der Waals surface area contributed by atoms with Crippen LogP contribution in [0.15, 0.2) is 0 Å². The summed E-state index contributed by atoms with van der Waals surface area (Å²) >= 11 is 0. The minimum Gasteiger partial charge on any atom is -0.464 e. The second-order valence-electron chi connectivity index (χ2n) is 8.36. The molecular formula is C21H39NO3. The third-order valence-corrected chi connectivity index (χ3v) is 6.64. The molecule has 2 aliphatic rings. The van der Waals surface area contributed by atoms with Crippen molar-refractivity contribution in [3.63, 3.8) is 0 Å². The number of rotatable bonds is 8. The Bertz CT molecular complexity index is 394. The number of nitrogens with zero attached hydrogens (tertiary/aromatic N) is 1. The Morgan fingerprint density at radius 1 is 1.12 bits per heavy atom. The predicted octanol–water partition coefficient (Wildman–Crippen LogP) is 4.01. The minimum atomic E-state index is -0.846. The maximum absolute atomic E-state index is 13.0. The Morgan fingerprint density at radius 3 is 2.28 bits per heavy atom. The van der Waals surface area contributed by atoms with Gasteiger partial charge in [0.25, 0.3) is 0 Å². The fourth-order valence-corrected chi connectivity index (χ4v) is 4.80. The molecule has 1 atom stereocenters. The Labute approximate surface area is 154 Å². The first kappa shape index (κ1) is 20.7. The summed E-state index contributed by atoms with van der Waals surface area (Å²) in [6, 6.07) is 0. The molecule has 4 heteroatoms. The number of aliphatic hydroxyl groups is 1. The van der Waals surface area contributed by atoms with E-state index in [1.54, 1.807) is 0 Å². The summed E-state index contributed by atoms with van der Waals surface area (Å²) in [5.74, 6) is 0.493. The smallest absolute Gasteiger partial charge is 0.312 e. The summed E-state index contributed by atoms with van der Waals surface area (Å²) in [6.07, 6.45) is 9.29. The highest BCUT2D eigenvalue weighted by Gasteiger charge is 2.48. The van der Waals surface area contributed by atoms with Gasteiger partial charge in [0.15, 0.2) is 0 Å². The van der Waals surface area contributed by atoms with Crippen molar-refractivity contribution < 1.29 is 14.6 Å². The van der Waals surface area contributed by atoms with Gasteiger partial charge in [0.05, 0.1) is 11.5 Å². The average Bonchev–Trinajstić information content (AvgIpc) is 2.62. The van der Waals surface area contributed by atoms with Crippen LogP contribution in [0.25, 0.3) is 0 Å². The molecule has 0 amide bonds. The van der Waals surface area contributed by atoms with Crippen molar-refractivity contribution in [2.75, 3.05) is 26.2 Å². The van der Waals surface area contributed by atoms with Crippen LogP contribution in [0.3, 0.4) is 0 Å². The van der Waals surface area contributed by atoms with Crippen molar-refractivity contribution in [3.8, 4) is 0 Å². The van der Waals surface area contributed by atoms with Gasteiger partial charge in [-0.1, -0.05) is 40.0 Å². The van der Waals surface area contributed by atoms with Crippen molar-refractivity contribution >= 4 is 5.97 Å². The number of likely N-dealkylation sites (N-methyl/N-ethyl adjacent to an activating group) is 1. The normalized spacial score (nSPS) is 29.6. The molecule has 0 heterocycles. The second-order valence-corrected chi connectivity index (χ2v) is 8.36. The van der Waals surface area contributed by atoms with Crippen LogP contribution in [0.2, 0.25) is 0 Å². The summed E-state index contributed by atoms with van der Waals surface area (Å²) in [7, 11) is 0. The summed E-state index contributed by atoms with van der Waals surface area (Å²) < 4.78 is 5.70. The summed E-state index contributed by atoms with van der Waals surface area (Å²) in [4.78, 5) is 15.2. The highest BCUT2D eigenvalue weighted by atomic mass is 16.5. The van der Waals surface area contributed by atoms with E-state index in [2.05, 4.69) is 25.7 Å². The average molecular weight is 354 g/mol. The van der Waals surface area contributed by atoms with E-state index >= 15 is 0 Å². The van der Waals surface area contributed by atoms with Gasteiger partial charge in [-0.25, -0.2) is 0 Å². The molecule has 0 spiro atoms. The van der Waals surface area contributed by atoms with E-state index in [4.69, 9.17) is 4.74 Å². The Hall–Kier alpha value is -0.610. The van der Waals surface area contributed by atoms with Gasteiger partial charge in [0.1, 0.15) is 6.61 Å². The topological polar surface area (TPSA) is 49.8 Å². The van der Waals surface area contributed by atoms with E-state index in [0.717, 1.165) is 58.2 Å². The number of hydrogen-bond acceptors (Lipinski definition) is 4. The molecule has 0 aliphatic heterocycles. The van der Waals surface area contributed by atoms with Gasteiger partial charge in [-0.2, -0.15) is 0 Å². The van der Waals surface area contributed by atoms with E-state index in [0.29, 0.717) is 18.4 Å². The summed E-state index contributed by atoms with van der Waals surface area (Å²) in [6.45, 7) is 9.67. The molecule has 2 saturated carbocycles. The monoisotopic (exact) mass is 353 g/mol. The molecule has 146 valence electrons. The molecule has 1 unspecified atom stereocenters. The molecule has 1 N–H and O–H groups in total. The van der Waals surface area contributed by atoms with Crippen LogP contribution >= 0.6 is 0 Å². The van der Waals surface area contributed by atoms with Crippen LogP contribution in [-0.2, 0) is 9.53 Å². The van der Waals surface area contributed by atoms with Crippen LogP contribution < -0.4 is 0 Å². The molecule has 0 saturated heterocycles. The van der Waals surface area contributed by atoms with Crippen molar-refractivity contribution in [2.24, 2.45) is 17.8 Å². The Balaban J connectivity index is 2.01. The van der Waals surface area contributed by atoms with Crippen molar-refractivity contribution in [1.29, 1.82) is 0 Å². The molecule has 4 nitrogen and oxygen atoms in total.